The predicted molar refractivity (Wildman–Crippen MR) is 123 cm³/mol. The first-order chi connectivity index (χ1) is 14.9. The van der Waals surface area contributed by atoms with E-state index in [-0.39, 0.29) is 23.4 Å². The molecule has 1 heterocycles. The van der Waals surface area contributed by atoms with Crippen LogP contribution in [0.5, 0.6) is 0 Å². The van der Waals surface area contributed by atoms with Gasteiger partial charge < -0.3 is 5.32 Å². The lowest BCUT2D eigenvalue weighted by Gasteiger charge is -2.32. The van der Waals surface area contributed by atoms with Crippen LogP contribution in [0.1, 0.15) is 31.9 Å². The maximum absolute atomic E-state index is 13.4. The third-order valence-corrected chi connectivity index (χ3v) is 7.27. The fourth-order valence-corrected chi connectivity index (χ4v) is 5.71. The van der Waals surface area contributed by atoms with E-state index in [4.69, 9.17) is 0 Å². The molecule has 0 saturated carbocycles. The van der Waals surface area contributed by atoms with Gasteiger partial charge in [-0.05, 0) is 30.0 Å². The number of sulfonamides is 1. The summed E-state index contributed by atoms with van der Waals surface area (Å²) < 4.78 is 28.0. The van der Waals surface area contributed by atoms with Crippen LogP contribution in [-0.2, 0) is 14.8 Å². The number of carbonyl (C=O) groups excluding carboxylic acids is 1. The molecule has 0 aliphatic carbocycles. The fourth-order valence-electron chi connectivity index (χ4n) is 4.06. The normalized spacial score (nSPS) is 15.1. The molecule has 31 heavy (non-hydrogen) atoms. The van der Waals surface area contributed by atoms with Crippen LogP contribution in [0.15, 0.2) is 83.8 Å². The van der Waals surface area contributed by atoms with Crippen molar-refractivity contribution >= 4 is 21.6 Å². The molecule has 1 aliphatic rings. The average Bonchev–Trinajstić information content (AvgIpc) is 2.77. The molecule has 0 unspecified atom stereocenters. The zero-order valence-electron chi connectivity index (χ0n) is 17.7. The molecule has 1 aliphatic heterocycles. The summed E-state index contributed by atoms with van der Waals surface area (Å²) in [5, 5.41) is 3.06. The Hall–Kier alpha value is -3.12. The molecule has 6 heteroatoms. The first-order valence-electron chi connectivity index (χ1n) is 10.4. The van der Waals surface area contributed by atoms with Crippen LogP contribution in [0.2, 0.25) is 0 Å². The van der Waals surface area contributed by atoms with Gasteiger partial charge in [-0.15, -0.1) is 0 Å². The van der Waals surface area contributed by atoms with E-state index < -0.39 is 10.0 Å². The number of hydrogen-bond donors (Lipinski definition) is 1. The van der Waals surface area contributed by atoms with Gasteiger partial charge in [0, 0.05) is 11.1 Å². The summed E-state index contributed by atoms with van der Waals surface area (Å²) in [4.78, 5) is 13.3. The summed E-state index contributed by atoms with van der Waals surface area (Å²) >= 11 is 0. The van der Waals surface area contributed by atoms with Crippen LogP contribution in [0.4, 0.5) is 5.69 Å². The number of nitrogens with zero attached hydrogens (tertiary/aromatic N) is 1. The fraction of sp³-hybridized carbons (Fsp3) is 0.240. The van der Waals surface area contributed by atoms with Crippen molar-refractivity contribution in [3.8, 4) is 11.1 Å². The molecule has 1 atom stereocenters. The first kappa shape index (κ1) is 21.1. The highest BCUT2D eigenvalue weighted by atomic mass is 32.2. The van der Waals surface area contributed by atoms with Crippen molar-refractivity contribution in [3.05, 3.63) is 84.4 Å². The van der Waals surface area contributed by atoms with Crippen molar-refractivity contribution in [2.75, 3.05) is 10.8 Å². The van der Waals surface area contributed by atoms with Crippen LogP contribution >= 0.6 is 0 Å². The van der Waals surface area contributed by atoms with E-state index in [0.717, 1.165) is 17.5 Å². The molecule has 3 aromatic rings. The second kappa shape index (κ2) is 8.55. The SMILES string of the molecule is CC(C)C[C@H](NC(=O)CN1c2ccccc2-c2ccccc2S1(=O)=O)c1ccccc1. The lowest BCUT2D eigenvalue weighted by atomic mass is 9.97. The van der Waals surface area contributed by atoms with Gasteiger partial charge in [0.05, 0.1) is 16.6 Å². The van der Waals surface area contributed by atoms with E-state index in [2.05, 4.69) is 19.2 Å². The minimum absolute atomic E-state index is 0.177. The van der Waals surface area contributed by atoms with Crippen LogP contribution in [0.3, 0.4) is 0 Å². The zero-order valence-corrected chi connectivity index (χ0v) is 18.5. The van der Waals surface area contributed by atoms with Crippen molar-refractivity contribution in [2.45, 2.75) is 31.2 Å². The molecule has 0 fully saturated rings. The van der Waals surface area contributed by atoms with E-state index >= 15 is 0 Å². The van der Waals surface area contributed by atoms with Crippen LogP contribution in [0, 0.1) is 5.92 Å². The van der Waals surface area contributed by atoms with Crippen LogP contribution < -0.4 is 9.62 Å². The molecule has 3 aromatic carbocycles. The number of amides is 1. The van der Waals surface area contributed by atoms with Gasteiger partial charge >= 0.3 is 0 Å². The topological polar surface area (TPSA) is 66.5 Å². The van der Waals surface area contributed by atoms with Crippen LogP contribution in [0.25, 0.3) is 11.1 Å². The lowest BCUT2D eigenvalue weighted by Crippen LogP contribution is -2.43. The van der Waals surface area contributed by atoms with E-state index in [1.54, 1.807) is 30.3 Å². The molecule has 0 saturated heterocycles. The maximum Gasteiger partial charge on any atom is 0.265 e. The summed E-state index contributed by atoms with van der Waals surface area (Å²) in [7, 11) is -3.84. The Morgan fingerprint density at radius 2 is 1.48 bits per heavy atom. The quantitative estimate of drug-likeness (QED) is 0.608. The van der Waals surface area contributed by atoms with E-state index in [0.29, 0.717) is 17.2 Å². The molecule has 0 radical (unpaired) electrons. The maximum atomic E-state index is 13.4. The lowest BCUT2D eigenvalue weighted by molar-refractivity contribution is -0.120. The minimum Gasteiger partial charge on any atom is -0.348 e. The number of nitrogens with one attached hydrogen (secondary N) is 1. The summed E-state index contributed by atoms with van der Waals surface area (Å²) in [5.74, 6) is 0.0455. The molecular weight excluding hydrogens is 408 g/mol. The monoisotopic (exact) mass is 434 g/mol. The average molecular weight is 435 g/mol. The number of benzene rings is 3. The van der Waals surface area contributed by atoms with Crippen LogP contribution in [-0.4, -0.2) is 20.9 Å². The highest BCUT2D eigenvalue weighted by molar-refractivity contribution is 7.93. The second-order valence-electron chi connectivity index (χ2n) is 8.19. The standard InChI is InChI=1S/C25H26N2O3S/c1-18(2)16-22(19-10-4-3-5-11-19)26-25(28)17-27-23-14-8-6-12-20(23)21-13-7-9-15-24(21)31(27,29)30/h3-15,18,22H,16-17H2,1-2H3,(H,26,28)/t22-/m0/s1. The number of para-hydroxylation sites is 1. The molecule has 5 nitrogen and oxygen atoms in total. The Labute approximate surface area is 183 Å². The second-order valence-corrected chi connectivity index (χ2v) is 10.0. The molecule has 0 spiro atoms. The number of carbonyl (C=O) groups is 1. The van der Waals surface area contributed by atoms with Crippen molar-refractivity contribution in [3.63, 3.8) is 0 Å². The molecule has 4 rings (SSSR count). The van der Waals surface area contributed by atoms with Gasteiger partial charge in [0.1, 0.15) is 6.54 Å². The number of rotatable bonds is 6. The Morgan fingerprint density at radius 1 is 0.871 bits per heavy atom. The van der Waals surface area contributed by atoms with E-state index in [1.807, 2.05) is 48.5 Å². The largest absolute Gasteiger partial charge is 0.348 e. The summed E-state index contributed by atoms with van der Waals surface area (Å²) in [6.07, 6.45) is 0.766. The van der Waals surface area contributed by atoms with Gasteiger partial charge in [0.2, 0.25) is 5.91 Å². The summed E-state index contributed by atoms with van der Waals surface area (Å²) in [5.41, 5.74) is 3.01. The highest BCUT2D eigenvalue weighted by Crippen LogP contribution is 2.42. The van der Waals surface area contributed by atoms with Gasteiger partial charge in [-0.25, -0.2) is 8.42 Å². The Bertz CT molecular complexity index is 1190. The minimum atomic E-state index is -3.84. The molecule has 1 N–H and O–H groups in total. The number of anilines is 1. The smallest absolute Gasteiger partial charge is 0.265 e. The van der Waals surface area contributed by atoms with E-state index in [9.17, 15) is 13.2 Å². The number of hydrogen-bond acceptors (Lipinski definition) is 3. The Morgan fingerprint density at radius 3 is 2.19 bits per heavy atom. The van der Waals surface area contributed by atoms with Gasteiger partial charge in [0.15, 0.2) is 0 Å². The molecule has 1 amide bonds. The summed E-state index contributed by atoms with van der Waals surface area (Å²) in [6, 6.07) is 23.8. The third kappa shape index (κ3) is 4.21. The van der Waals surface area contributed by atoms with Gasteiger partial charge in [-0.3, -0.25) is 9.10 Å². The zero-order chi connectivity index (χ0) is 22.0. The van der Waals surface area contributed by atoms with E-state index in [1.165, 1.54) is 4.31 Å². The number of fused-ring (bicyclic) bond motifs is 3. The first-order valence-corrected chi connectivity index (χ1v) is 11.9. The van der Waals surface area contributed by atoms with Crippen molar-refractivity contribution in [1.82, 2.24) is 5.32 Å². The van der Waals surface area contributed by atoms with Gasteiger partial charge in [-0.1, -0.05) is 80.6 Å². The molecule has 160 valence electrons. The Balaban J connectivity index is 1.65. The molecule has 0 aromatic heterocycles. The molecular formula is C25H26N2O3S. The third-order valence-electron chi connectivity index (χ3n) is 5.45. The van der Waals surface area contributed by atoms with Gasteiger partial charge in [-0.2, -0.15) is 0 Å². The highest BCUT2D eigenvalue weighted by Gasteiger charge is 2.35. The van der Waals surface area contributed by atoms with Crippen molar-refractivity contribution < 1.29 is 13.2 Å². The van der Waals surface area contributed by atoms with Crippen molar-refractivity contribution in [2.24, 2.45) is 5.92 Å². The molecule has 0 bridgehead atoms. The summed E-state index contributed by atoms with van der Waals surface area (Å²) in [6.45, 7) is 3.93. The predicted octanol–water partition coefficient (Wildman–Crippen LogP) is 4.77. The van der Waals surface area contributed by atoms with Gasteiger partial charge in [0.25, 0.3) is 10.0 Å². The van der Waals surface area contributed by atoms with Crippen molar-refractivity contribution in [1.29, 1.82) is 0 Å². The Kier molecular flexibility index (Phi) is 5.83.